The summed E-state index contributed by atoms with van der Waals surface area (Å²) >= 11 is 0. The monoisotopic (exact) mass is 169 g/mol. The fourth-order valence-electron chi connectivity index (χ4n) is 1.09. The highest BCUT2D eigenvalue weighted by atomic mass is 16.4. The summed E-state index contributed by atoms with van der Waals surface area (Å²) in [4.78, 5) is 10.3. The fraction of sp³-hybridized carbons (Fsp3) is 0.375. The number of hydrogen-bond acceptors (Lipinski definition) is 2. The molecule has 0 aliphatic carbocycles. The van der Waals surface area contributed by atoms with Gasteiger partial charge in [-0.3, -0.25) is 4.79 Å². The number of aliphatic carboxylic acids is 1. The highest BCUT2D eigenvalue weighted by Gasteiger charge is 2.04. The van der Waals surface area contributed by atoms with Crippen molar-refractivity contribution in [3.05, 3.63) is 24.0 Å². The number of carboxylic acid groups (broad SMARTS) is 1. The van der Waals surface area contributed by atoms with Crippen molar-refractivity contribution in [1.29, 1.82) is 0 Å². The molecule has 1 aromatic rings. The Kier molecular flexibility index (Phi) is 2.88. The molecule has 0 aliphatic rings. The van der Waals surface area contributed by atoms with Crippen molar-refractivity contribution in [3.63, 3.8) is 0 Å². The van der Waals surface area contributed by atoms with Gasteiger partial charge in [-0.1, -0.05) is 0 Å². The number of aromatic nitrogens is 1. The molecule has 0 aromatic carbocycles. The number of nitrogens with zero attached hydrogens (tertiary/aromatic N) is 1. The molecule has 66 valence electrons. The predicted octanol–water partition coefficient (Wildman–Crippen LogP) is 0.108. The van der Waals surface area contributed by atoms with E-state index < -0.39 is 5.97 Å². The topological polar surface area (TPSA) is 62.5 Å². The van der Waals surface area contributed by atoms with E-state index in [1.165, 1.54) is 0 Å². The highest BCUT2D eigenvalue weighted by molar-refractivity contribution is 5.69. The molecule has 4 heteroatoms. The van der Waals surface area contributed by atoms with Crippen molar-refractivity contribution in [1.82, 2.24) is 4.57 Å². The largest absolute Gasteiger partial charge is 0.481 e. The van der Waals surface area contributed by atoms with Crippen LogP contribution in [0.15, 0.2) is 18.3 Å². The third-order valence-electron chi connectivity index (χ3n) is 1.60. The Morgan fingerprint density at radius 3 is 2.92 bits per heavy atom. The van der Waals surface area contributed by atoms with Crippen molar-refractivity contribution in [3.8, 4) is 0 Å². The average Bonchev–Trinajstić information content (AvgIpc) is 2.37. The first-order valence-corrected chi connectivity index (χ1v) is 3.70. The minimum atomic E-state index is -0.854. The van der Waals surface area contributed by atoms with E-state index in [0.29, 0.717) is 6.54 Å². The third-order valence-corrected chi connectivity index (χ3v) is 1.60. The van der Waals surface area contributed by atoms with Crippen molar-refractivity contribution < 1.29 is 15.0 Å². The zero-order valence-corrected chi connectivity index (χ0v) is 6.60. The Morgan fingerprint density at radius 1 is 1.58 bits per heavy atom. The van der Waals surface area contributed by atoms with Gasteiger partial charge >= 0.3 is 5.97 Å². The molecule has 0 unspecified atom stereocenters. The van der Waals surface area contributed by atoms with E-state index in [0.717, 1.165) is 5.69 Å². The standard InChI is InChI=1S/C8H11NO3/c10-5-4-9-3-1-2-7(9)6-8(11)12/h1-3,10H,4-6H2,(H,11,12). The Morgan fingerprint density at radius 2 is 2.33 bits per heavy atom. The molecule has 2 N–H and O–H groups in total. The molecule has 4 nitrogen and oxygen atoms in total. The first kappa shape index (κ1) is 8.80. The van der Waals surface area contributed by atoms with E-state index in [1.807, 2.05) is 0 Å². The summed E-state index contributed by atoms with van der Waals surface area (Å²) in [6.45, 7) is 0.483. The molecule has 1 heterocycles. The number of carbonyl (C=O) groups is 1. The first-order chi connectivity index (χ1) is 5.74. The lowest BCUT2D eigenvalue weighted by Crippen LogP contribution is -2.09. The van der Waals surface area contributed by atoms with Gasteiger partial charge in [0.2, 0.25) is 0 Å². The highest BCUT2D eigenvalue weighted by Crippen LogP contribution is 2.02. The summed E-state index contributed by atoms with van der Waals surface area (Å²) in [5.74, 6) is -0.854. The molecule has 0 spiro atoms. The lowest BCUT2D eigenvalue weighted by molar-refractivity contribution is -0.136. The van der Waals surface area contributed by atoms with Gasteiger partial charge in [0.15, 0.2) is 0 Å². The molecule has 1 aromatic heterocycles. The van der Waals surface area contributed by atoms with Gasteiger partial charge in [0.25, 0.3) is 0 Å². The van der Waals surface area contributed by atoms with E-state index >= 15 is 0 Å². The second-order valence-electron chi connectivity index (χ2n) is 2.49. The molecule has 0 amide bonds. The quantitative estimate of drug-likeness (QED) is 0.672. The summed E-state index contributed by atoms with van der Waals surface area (Å²) in [5, 5.41) is 17.1. The summed E-state index contributed by atoms with van der Waals surface area (Å²) in [6, 6.07) is 3.51. The van der Waals surface area contributed by atoms with Crippen LogP contribution in [-0.4, -0.2) is 27.4 Å². The van der Waals surface area contributed by atoms with Gasteiger partial charge in [-0.25, -0.2) is 0 Å². The maximum Gasteiger partial charge on any atom is 0.309 e. The van der Waals surface area contributed by atoms with E-state index in [-0.39, 0.29) is 13.0 Å². The molecule has 0 atom stereocenters. The van der Waals surface area contributed by atoms with Gasteiger partial charge < -0.3 is 14.8 Å². The lowest BCUT2D eigenvalue weighted by atomic mass is 10.3. The predicted molar refractivity (Wildman–Crippen MR) is 42.9 cm³/mol. The van der Waals surface area contributed by atoms with E-state index in [4.69, 9.17) is 10.2 Å². The Hall–Kier alpha value is -1.29. The molecule has 0 saturated heterocycles. The normalized spacial score (nSPS) is 10.1. The third kappa shape index (κ3) is 2.10. The molecule has 0 fully saturated rings. The van der Waals surface area contributed by atoms with Crippen molar-refractivity contribution in [2.45, 2.75) is 13.0 Å². The summed E-state index contributed by atoms with van der Waals surface area (Å²) in [7, 11) is 0. The average molecular weight is 169 g/mol. The number of aliphatic hydroxyl groups is 1. The zero-order chi connectivity index (χ0) is 8.97. The van der Waals surface area contributed by atoms with Gasteiger partial charge in [-0.2, -0.15) is 0 Å². The summed E-state index contributed by atoms with van der Waals surface area (Å²) in [5.41, 5.74) is 0.719. The van der Waals surface area contributed by atoms with E-state index in [2.05, 4.69) is 0 Å². The van der Waals surface area contributed by atoms with Gasteiger partial charge in [0, 0.05) is 18.4 Å². The molecule has 0 radical (unpaired) electrons. The van der Waals surface area contributed by atoms with Crippen LogP contribution in [0, 0.1) is 0 Å². The minimum absolute atomic E-state index is 0.00694. The van der Waals surface area contributed by atoms with Gasteiger partial charge in [-0.05, 0) is 12.1 Å². The number of aliphatic hydroxyl groups excluding tert-OH is 1. The van der Waals surface area contributed by atoms with Crippen LogP contribution in [0.25, 0.3) is 0 Å². The lowest BCUT2D eigenvalue weighted by Gasteiger charge is -2.04. The van der Waals surface area contributed by atoms with Gasteiger partial charge in [0.1, 0.15) is 0 Å². The SMILES string of the molecule is O=C(O)Cc1cccn1CCO. The van der Waals surface area contributed by atoms with Crippen LogP contribution in [0.2, 0.25) is 0 Å². The molecule has 1 rings (SSSR count). The van der Waals surface area contributed by atoms with E-state index in [9.17, 15) is 4.79 Å². The van der Waals surface area contributed by atoms with Crippen LogP contribution >= 0.6 is 0 Å². The fourth-order valence-corrected chi connectivity index (χ4v) is 1.09. The van der Waals surface area contributed by atoms with Crippen LogP contribution < -0.4 is 0 Å². The van der Waals surface area contributed by atoms with Crippen molar-refractivity contribution in [2.75, 3.05) is 6.61 Å². The van der Waals surface area contributed by atoms with Crippen molar-refractivity contribution >= 4 is 5.97 Å². The Labute approximate surface area is 70.1 Å². The molecule has 0 aliphatic heterocycles. The zero-order valence-electron chi connectivity index (χ0n) is 6.60. The maximum absolute atomic E-state index is 10.3. The van der Waals surface area contributed by atoms with Crippen LogP contribution in [0.1, 0.15) is 5.69 Å². The summed E-state index contributed by atoms with van der Waals surface area (Å²) in [6.07, 6.45) is 1.77. The second-order valence-corrected chi connectivity index (χ2v) is 2.49. The second kappa shape index (κ2) is 3.92. The smallest absolute Gasteiger partial charge is 0.309 e. The number of hydrogen-bond donors (Lipinski definition) is 2. The van der Waals surface area contributed by atoms with Crippen LogP contribution in [0.3, 0.4) is 0 Å². The summed E-state index contributed by atoms with van der Waals surface area (Å²) < 4.78 is 1.73. The molecule has 0 bridgehead atoms. The van der Waals surface area contributed by atoms with Crippen LogP contribution in [0.4, 0.5) is 0 Å². The Balaban J connectivity index is 2.69. The molecule has 0 saturated carbocycles. The van der Waals surface area contributed by atoms with Gasteiger partial charge in [0.05, 0.1) is 13.0 Å². The molecular formula is C8H11NO3. The molecule has 12 heavy (non-hydrogen) atoms. The minimum Gasteiger partial charge on any atom is -0.481 e. The first-order valence-electron chi connectivity index (χ1n) is 3.70. The van der Waals surface area contributed by atoms with Crippen molar-refractivity contribution in [2.24, 2.45) is 0 Å². The van der Waals surface area contributed by atoms with E-state index in [1.54, 1.807) is 22.9 Å². The van der Waals surface area contributed by atoms with Crippen LogP contribution in [-0.2, 0) is 17.8 Å². The number of carboxylic acids is 1. The number of rotatable bonds is 4. The van der Waals surface area contributed by atoms with Gasteiger partial charge in [-0.15, -0.1) is 0 Å². The molecular weight excluding hydrogens is 158 g/mol. The Bertz CT molecular complexity index is 267. The maximum atomic E-state index is 10.3. The van der Waals surface area contributed by atoms with Crippen LogP contribution in [0.5, 0.6) is 0 Å².